The smallest absolute Gasteiger partial charge is 0.420 e. The molecular weight excluding hydrogens is 402 g/mol. The minimum atomic E-state index is -1.41. The number of carbonyl (C=O) groups excluding carboxylic acids is 3. The van der Waals surface area contributed by atoms with Crippen LogP contribution in [-0.4, -0.2) is 53.5 Å². The van der Waals surface area contributed by atoms with Gasteiger partial charge < -0.3 is 18.9 Å². The number of hydrogen-bond donors (Lipinski definition) is 0. The van der Waals surface area contributed by atoms with Gasteiger partial charge >= 0.3 is 18.2 Å². The zero-order valence-electron chi connectivity index (χ0n) is 19.2. The zero-order valence-corrected chi connectivity index (χ0v) is 19.2. The molecule has 1 rings (SSSR count). The van der Waals surface area contributed by atoms with E-state index >= 15 is 0 Å². The first-order chi connectivity index (χ1) is 14.3. The molecule has 0 saturated heterocycles. The lowest BCUT2D eigenvalue weighted by atomic mass is 10.2. The molecule has 0 N–H and O–H groups in total. The van der Waals surface area contributed by atoms with Crippen molar-refractivity contribution in [2.45, 2.75) is 65.4 Å². The summed E-state index contributed by atoms with van der Waals surface area (Å²) >= 11 is 0. The Hall–Kier alpha value is -2.87. The van der Waals surface area contributed by atoms with Crippen LogP contribution in [0.3, 0.4) is 0 Å². The van der Waals surface area contributed by atoms with Crippen molar-refractivity contribution in [3.63, 3.8) is 0 Å². The minimum absolute atomic E-state index is 0.0898. The summed E-state index contributed by atoms with van der Waals surface area (Å²) in [6.07, 6.45) is -0.600. The molecule has 0 aromatic heterocycles. The van der Waals surface area contributed by atoms with Crippen molar-refractivity contribution >= 4 is 18.2 Å². The number of imide groups is 1. The van der Waals surface area contributed by atoms with Crippen molar-refractivity contribution < 1.29 is 33.3 Å². The van der Waals surface area contributed by atoms with E-state index < -0.39 is 35.4 Å². The summed E-state index contributed by atoms with van der Waals surface area (Å²) in [7, 11) is 0. The Kier molecular flexibility index (Phi) is 9.71. The fourth-order valence-corrected chi connectivity index (χ4v) is 2.31. The van der Waals surface area contributed by atoms with Gasteiger partial charge in [-0.05, 0) is 47.1 Å². The van der Waals surface area contributed by atoms with Crippen LogP contribution in [-0.2, 0) is 30.3 Å². The second kappa shape index (κ2) is 11.5. The van der Waals surface area contributed by atoms with E-state index in [0.717, 1.165) is 5.56 Å². The number of nitrogens with zero attached hydrogens (tertiary/aromatic N) is 1. The second-order valence-corrected chi connectivity index (χ2v) is 8.77. The van der Waals surface area contributed by atoms with Gasteiger partial charge in [-0.25, -0.2) is 14.4 Å². The van der Waals surface area contributed by atoms with Crippen LogP contribution in [0, 0.1) is 0 Å². The Bertz CT molecular complexity index is 747. The summed E-state index contributed by atoms with van der Waals surface area (Å²) in [5.74, 6) is -0.820. The van der Waals surface area contributed by atoms with Crippen molar-refractivity contribution in [3.05, 3.63) is 48.6 Å². The highest BCUT2D eigenvalue weighted by atomic mass is 16.6. The van der Waals surface area contributed by atoms with Gasteiger partial charge in [-0.15, -0.1) is 6.58 Å². The molecule has 0 spiro atoms. The van der Waals surface area contributed by atoms with Crippen LogP contribution in [0.4, 0.5) is 9.59 Å². The Balaban J connectivity index is 3.18. The SMILES string of the molecule is C=CCOC[C@@H](C(=O)OC(C)(C)C)N(C(=O)OCc1ccccc1)C(=O)OC(C)(C)C. The minimum Gasteiger partial charge on any atom is -0.458 e. The van der Waals surface area contributed by atoms with Crippen LogP contribution >= 0.6 is 0 Å². The van der Waals surface area contributed by atoms with Crippen molar-refractivity contribution in [2.24, 2.45) is 0 Å². The fourth-order valence-electron chi connectivity index (χ4n) is 2.31. The van der Waals surface area contributed by atoms with Crippen LogP contribution in [0.1, 0.15) is 47.1 Å². The van der Waals surface area contributed by atoms with Gasteiger partial charge in [0, 0.05) is 0 Å². The molecule has 8 nitrogen and oxygen atoms in total. The van der Waals surface area contributed by atoms with Gasteiger partial charge in [-0.2, -0.15) is 4.90 Å². The Labute approximate surface area is 184 Å². The molecule has 0 aliphatic rings. The molecule has 0 saturated carbocycles. The van der Waals surface area contributed by atoms with E-state index in [1.165, 1.54) is 6.08 Å². The maximum absolute atomic E-state index is 12.9. The van der Waals surface area contributed by atoms with E-state index in [1.807, 2.05) is 6.07 Å². The molecule has 8 heteroatoms. The highest BCUT2D eigenvalue weighted by Crippen LogP contribution is 2.18. The summed E-state index contributed by atoms with van der Waals surface area (Å²) in [4.78, 5) is 39.2. The lowest BCUT2D eigenvalue weighted by molar-refractivity contribution is -0.162. The monoisotopic (exact) mass is 435 g/mol. The standard InChI is InChI=1S/C23H33NO7/c1-8-14-28-16-18(19(25)30-22(2,3)4)24(21(27)31-23(5,6)7)20(26)29-15-17-12-10-9-11-13-17/h8-13,18H,1,14-16H2,2-7H3/t18-/m0/s1. The van der Waals surface area contributed by atoms with Crippen molar-refractivity contribution in [3.8, 4) is 0 Å². The summed E-state index contributed by atoms with van der Waals surface area (Å²) in [5, 5.41) is 0. The van der Waals surface area contributed by atoms with Gasteiger partial charge in [0.05, 0.1) is 13.2 Å². The number of rotatable bonds is 8. The molecule has 2 amide bonds. The molecule has 0 radical (unpaired) electrons. The Morgan fingerprint density at radius 2 is 1.55 bits per heavy atom. The predicted octanol–water partition coefficient (Wildman–Crippen LogP) is 4.47. The maximum atomic E-state index is 12.9. The third-order valence-corrected chi connectivity index (χ3v) is 3.49. The topological polar surface area (TPSA) is 91.4 Å². The number of hydrogen-bond acceptors (Lipinski definition) is 7. The van der Waals surface area contributed by atoms with Crippen molar-refractivity contribution in [1.29, 1.82) is 0 Å². The molecule has 0 bridgehead atoms. The summed E-state index contributed by atoms with van der Waals surface area (Å²) in [6.45, 7) is 13.2. The lowest BCUT2D eigenvalue weighted by Gasteiger charge is -2.31. The molecule has 1 atom stereocenters. The molecule has 0 aliphatic heterocycles. The molecule has 0 fully saturated rings. The van der Waals surface area contributed by atoms with Gasteiger partial charge in [0.15, 0.2) is 6.04 Å². The second-order valence-electron chi connectivity index (χ2n) is 8.77. The van der Waals surface area contributed by atoms with Crippen LogP contribution in [0.25, 0.3) is 0 Å². The first-order valence-electron chi connectivity index (χ1n) is 9.98. The van der Waals surface area contributed by atoms with Gasteiger partial charge in [-0.3, -0.25) is 0 Å². The average Bonchev–Trinajstić information content (AvgIpc) is 2.63. The molecule has 1 aromatic rings. The Morgan fingerprint density at radius 3 is 2.06 bits per heavy atom. The highest BCUT2D eigenvalue weighted by Gasteiger charge is 2.41. The number of amides is 2. The largest absolute Gasteiger partial charge is 0.458 e. The first kappa shape index (κ1) is 26.2. The number of carbonyl (C=O) groups is 3. The van der Waals surface area contributed by atoms with E-state index in [9.17, 15) is 14.4 Å². The molecule has 0 aliphatic carbocycles. The summed E-state index contributed by atoms with van der Waals surface area (Å²) < 4.78 is 21.4. The third-order valence-electron chi connectivity index (χ3n) is 3.49. The van der Waals surface area contributed by atoms with E-state index in [4.69, 9.17) is 18.9 Å². The maximum Gasteiger partial charge on any atom is 0.420 e. The number of esters is 1. The van der Waals surface area contributed by atoms with Crippen LogP contribution < -0.4 is 0 Å². The fraction of sp³-hybridized carbons (Fsp3) is 0.522. The van der Waals surface area contributed by atoms with Gasteiger partial charge in [0.2, 0.25) is 0 Å². The average molecular weight is 436 g/mol. The molecule has 0 heterocycles. The number of ether oxygens (including phenoxy) is 4. The van der Waals surface area contributed by atoms with E-state index in [0.29, 0.717) is 4.90 Å². The molecular formula is C23H33NO7. The van der Waals surface area contributed by atoms with E-state index in [1.54, 1.807) is 65.8 Å². The van der Waals surface area contributed by atoms with E-state index in [-0.39, 0.29) is 19.8 Å². The summed E-state index contributed by atoms with van der Waals surface area (Å²) in [6, 6.07) is 7.54. The zero-order chi connectivity index (χ0) is 23.7. The van der Waals surface area contributed by atoms with Gasteiger partial charge in [0.25, 0.3) is 0 Å². The lowest BCUT2D eigenvalue weighted by Crippen LogP contribution is -2.54. The van der Waals surface area contributed by atoms with Crippen LogP contribution in [0.15, 0.2) is 43.0 Å². The van der Waals surface area contributed by atoms with E-state index in [2.05, 4.69) is 6.58 Å². The molecule has 1 aromatic carbocycles. The quantitative estimate of drug-likeness (QED) is 0.257. The number of benzene rings is 1. The van der Waals surface area contributed by atoms with Gasteiger partial charge in [-0.1, -0.05) is 36.4 Å². The summed E-state index contributed by atoms with van der Waals surface area (Å²) in [5.41, 5.74) is -1.03. The first-order valence-corrected chi connectivity index (χ1v) is 9.98. The van der Waals surface area contributed by atoms with Gasteiger partial charge in [0.1, 0.15) is 17.8 Å². The third kappa shape index (κ3) is 10.1. The van der Waals surface area contributed by atoms with Crippen LogP contribution in [0.2, 0.25) is 0 Å². The van der Waals surface area contributed by atoms with Crippen LogP contribution in [0.5, 0.6) is 0 Å². The molecule has 0 unspecified atom stereocenters. The molecule has 31 heavy (non-hydrogen) atoms. The Morgan fingerprint density at radius 1 is 0.968 bits per heavy atom. The highest BCUT2D eigenvalue weighted by molar-refractivity contribution is 5.94. The van der Waals surface area contributed by atoms with Crippen molar-refractivity contribution in [1.82, 2.24) is 4.90 Å². The predicted molar refractivity (Wildman–Crippen MR) is 115 cm³/mol. The molecule has 172 valence electrons. The van der Waals surface area contributed by atoms with Crippen molar-refractivity contribution in [2.75, 3.05) is 13.2 Å². The normalized spacial score (nSPS) is 12.5.